The van der Waals surface area contributed by atoms with Crippen LogP contribution < -0.4 is 0 Å². The van der Waals surface area contributed by atoms with Crippen LogP contribution >= 0.6 is 45.2 Å². The average Bonchev–Trinajstić information content (AvgIpc) is 2.82. The Bertz CT molecular complexity index is 518. The lowest BCUT2D eigenvalue weighted by Gasteiger charge is -2.27. The molecule has 0 saturated carbocycles. The summed E-state index contributed by atoms with van der Waals surface area (Å²) in [7, 11) is -3.35. The van der Waals surface area contributed by atoms with E-state index < -0.39 is 10.0 Å². The number of aryl methyl sites for hydroxylation is 1. The molecule has 0 unspecified atom stereocenters. The maximum atomic E-state index is 12.8. The number of hydrogen-bond acceptors (Lipinski definition) is 2. The largest absolute Gasteiger partial charge is 0.243 e. The van der Waals surface area contributed by atoms with E-state index in [0.717, 1.165) is 27.3 Å². The van der Waals surface area contributed by atoms with Gasteiger partial charge in [0, 0.05) is 20.9 Å². The first-order valence-corrected chi connectivity index (χ1v) is 10.7. The Morgan fingerprint density at radius 2 is 1.58 bits per heavy atom. The van der Waals surface area contributed by atoms with Crippen LogP contribution in [0, 0.1) is 6.92 Å². The Morgan fingerprint density at radius 3 is 2.00 bits per heavy atom. The Labute approximate surface area is 142 Å². The van der Waals surface area contributed by atoms with Crippen molar-refractivity contribution in [2.75, 3.05) is 8.86 Å². The molecule has 2 atom stereocenters. The van der Waals surface area contributed by atoms with Gasteiger partial charge >= 0.3 is 0 Å². The van der Waals surface area contributed by atoms with Gasteiger partial charge in [-0.2, -0.15) is 4.31 Å². The van der Waals surface area contributed by atoms with Gasteiger partial charge < -0.3 is 0 Å². The number of alkyl halides is 2. The monoisotopic (exact) mass is 505 g/mol. The van der Waals surface area contributed by atoms with Crippen LogP contribution in [0.2, 0.25) is 0 Å². The molecule has 3 nitrogen and oxygen atoms in total. The molecule has 0 N–H and O–H groups in total. The van der Waals surface area contributed by atoms with Crippen molar-refractivity contribution >= 4 is 55.2 Å². The van der Waals surface area contributed by atoms with Crippen LogP contribution in [0.25, 0.3) is 0 Å². The first kappa shape index (κ1) is 16.0. The predicted octanol–water partition coefficient (Wildman–Crippen LogP) is 3.39. The topological polar surface area (TPSA) is 37.4 Å². The smallest absolute Gasteiger partial charge is 0.207 e. The molecule has 6 heteroatoms. The van der Waals surface area contributed by atoms with E-state index in [2.05, 4.69) is 45.2 Å². The summed E-state index contributed by atoms with van der Waals surface area (Å²) in [6.45, 7) is 1.97. The van der Waals surface area contributed by atoms with E-state index in [-0.39, 0.29) is 12.1 Å². The fourth-order valence-electron chi connectivity index (χ4n) is 2.45. The average molecular weight is 505 g/mol. The highest BCUT2D eigenvalue weighted by molar-refractivity contribution is 14.1. The molecule has 1 heterocycles. The Balaban J connectivity index is 2.39. The summed E-state index contributed by atoms with van der Waals surface area (Å²) in [5.74, 6) is 0. The van der Waals surface area contributed by atoms with E-state index in [1.54, 1.807) is 16.4 Å². The Hall–Kier alpha value is 0.590. The summed E-state index contributed by atoms with van der Waals surface area (Å²) in [5, 5.41) is 0. The second-order valence-corrected chi connectivity index (χ2v) is 8.45. The van der Waals surface area contributed by atoms with E-state index in [1.807, 2.05) is 19.1 Å². The van der Waals surface area contributed by atoms with Crippen molar-refractivity contribution in [2.24, 2.45) is 0 Å². The van der Waals surface area contributed by atoms with Crippen molar-refractivity contribution in [3.8, 4) is 0 Å². The summed E-state index contributed by atoms with van der Waals surface area (Å²) in [5.41, 5.74) is 1.08. The van der Waals surface area contributed by atoms with Crippen LogP contribution in [0.15, 0.2) is 29.2 Å². The standard InChI is InChI=1S/C13H17I2NO2S/c1-10-2-6-13(7-3-10)19(17,18)16-11(8-14)4-5-12(16)9-15/h2-3,6-7,11-12H,4-5,8-9H2,1H3/t11-,12+. The van der Waals surface area contributed by atoms with Gasteiger partial charge in [0.1, 0.15) is 0 Å². The molecule has 0 aliphatic carbocycles. The van der Waals surface area contributed by atoms with E-state index in [0.29, 0.717) is 4.90 Å². The minimum atomic E-state index is -3.35. The third kappa shape index (κ3) is 3.26. The van der Waals surface area contributed by atoms with Crippen molar-refractivity contribution < 1.29 is 8.42 Å². The van der Waals surface area contributed by atoms with Gasteiger partial charge in [-0.05, 0) is 31.9 Å². The molecule has 0 bridgehead atoms. The van der Waals surface area contributed by atoms with Crippen LogP contribution in [0.1, 0.15) is 18.4 Å². The SMILES string of the molecule is Cc1ccc(S(=O)(=O)N2[C@H](CI)CC[C@@H]2CI)cc1. The number of halogens is 2. The van der Waals surface area contributed by atoms with Gasteiger partial charge in [0.2, 0.25) is 10.0 Å². The minimum absolute atomic E-state index is 0.145. The second kappa shape index (κ2) is 6.57. The van der Waals surface area contributed by atoms with E-state index in [9.17, 15) is 8.42 Å². The lowest BCUT2D eigenvalue weighted by Crippen LogP contribution is -2.42. The fourth-order valence-corrected chi connectivity index (χ4v) is 6.58. The molecular weight excluding hydrogens is 488 g/mol. The summed E-state index contributed by atoms with van der Waals surface area (Å²) >= 11 is 4.57. The van der Waals surface area contributed by atoms with Crippen molar-refractivity contribution in [2.45, 2.75) is 36.7 Å². The zero-order chi connectivity index (χ0) is 14.0. The highest BCUT2D eigenvalue weighted by Crippen LogP contribution is 2.33. The van der Waals surface area contributed by atoms with E-state index in [1.165, 1.54) is 0 Å². The molecular formula is C13H17I2NO2S. The van der Waals surface area contributed by atoms with Gasteiger partial charge in [-0.1, -0.05) is 62.9 Å². The van der Waals surface area contributed by atoms with E-state index >= 15 is 0 Å². The maximum absolute atomic E-state index is 12.8. The van der Waals surface area contributed by atoms with Gasteiger partial charge in [-0.15, -0.1) is 0 Å². The van der Waals surface area contributed by atoms with Gasteiger partial charge in [-0.3, -0.25) is 0 Å². The molecule has 0 radical (unpaired) electrons. The molecule has 19 heavy (non-hydrogen) atoms. The molecule has 1 aliphatic heterocycles. The number of nitrogens with zero attached hydrogens (tertiary/aromatic N) is 1. The molecule has 106 valence electrons. The summed E-state index contributed by atoms with van der Waals surface area (Å²) in [4.78, 5) is 0.421. The number of rotatable bonds is 4. The third-order valence-corrected chi connectivity index (χ3v) is 7.56. The number of benzene rings is 1. The van der Waals surface area contributed by atoms with Crippen LogP contribution in [-0.2, 0) is 10.0 Å². The zero-order valence-corrected chi connectivity index (χ0v) is 15.9. The maximum Gasteiger partial charge on any atom is 0.243 e. The highest BCUT2D eigenvalue weighted by atomic mass is 127. The highest BCUT2D eigenvalue weighted by Gasteiger charge is 2.40. The quantitative estimate of drug-likeness (QED) is 0.465. The fraction of sp³-hybridized carbons (Fsp3) is 0.538. The lowest BCUT2D eigenvalue weighted by atomic mass is 10.2. The molecule has 1 fully saturated rings. The number of hydrogen-bond donors (Lipinski definition) is 0. The van der Waals surface area contributed by atoms with E-state index in [4.69, 9.17) is 0 Å². The molecule has 1 aromatic carbocycles. The van der Waals surface area contributed by atoms with Gasteiger partial charge in [0.25, 0.3) is 0 Å². The van der Waals surface area contributed by atoms with Crippen molar-refractivity contribution in [1.29, 1.82) is 0 Å². The van der Waals surface area contributed by atoms with Gasteiger partial charge in [0.15, 0.2) is 0 Å². The van der Waals surface area contributed by atoms with Crippen molar-refractivity contribution in [3.63, 3.8) is 0 Å². The van der Waals surface area contributed by atoms with Crippen LogP contribution in [0.5, 0.6) is 0 Å². The molecule has 1 saturated heterocycles. The third-order valence-electron chi connectivity index (χ3n) is 3.51. The number of sulfonamides is 1. The van der Waals surface area contributed by atoms with Crippen LogP contribution in [0.4, 0.5) is 0 Å². The zero-order valence-electron chi connectivity index (χ0n) is 10.7. The molecule has 0 amide bonds. The lowest BCUT2D eigenvalue weighted by molar-refractivity contribution is 0.361. The van der Waals surface area contributed by atoms with Gasteiger partial charge in [0.05, 0.1) is 4.90 Å². The normalized spacial score (nSPS) is 24.8. The Morgan fingerprint density at radius 1 is 1.11 bits per heavy atom. The van der Waals surface area contributed by atoms with Crippen molar-refractivity contribution in [1.82, 2.24) is 4.31 Å². The molecule has 0 aromatic heterocycles. The minimum Gasteiger partial charge on any atom is -0.207 e. The molecule has 2 rings (SSSR count). The van der Waals surface area contributed by atoms with Crippen LogP contribution in [-0.4, -0.2) is 33.7 Å². The van der Waals surface area contributed by atoms with Gasteiger partial charge in [-0.25, -0.2) is 8.42 Å². The van der Waals surface area contributed by atoms with Crippen molar-refractivity contribution in [3.05, 3.63) is 29.8 Å². The first-order valence-electron chi connectivity index (χ1n) is 6.23. The molecule has 0 spiro atoms. The molecule has 1 aromatic rings. The van der Waals surface area contributed by atoms with Crippen LogP contribution in [0.3, 0.4) is 0 Å². The predicted molar refractivity (Wildman–Crippen MR) is 94.8 cm³/mol. The first-order chi connectivity index (χ1) is 9.00. The second-order valence-electron chi connectivity index (χ2n) is 4.84. The summed E-state index contributed by atoms with van der Waals surface area (Å²) < 4.78 is 29.1. The summed E-state index contributed by atoms with van der Waals surface area (Å²) in [6.07, 6.45) is 1.95. The molecule has 1 aliphatic rings. The summed E-state index contributed by atoms with van der Waals surface area (Å²) in [6, 6.07) is 7.45. The Kier molecular flexibility index (Phi) is 5.52.